The number of hydrogen-bond acceptors (Lipinski definition) is 6. The number of aromatic nitrogens is 2. The van der Waals surface area contributed by atoms with Crippen LogP contribution in [0.1, 0.15) is 0 Å². The highest BCUT2D eigenvalue weighted by Gasteiger charge is 2.03. The third-order valence-electron chi connectivity index (χ3n) is 1.79. The second-order valence-electron chi connectivity index (χ2n) is 3.02. The fourth-order valence-corrected chi connectivity index (χ4v) is 1.01. The van der Waals surface area contributed by atoms with Crippen LogP contribution in [0.4, 0.5) is 11.5 Å². The fraction of sp³-hybridized carbons (Fsp3) is 0.444. The quantitative estimate of drug-likeness (QED) is 0.550. The summed E-state index contributed by atoms with van der Waals surface area (Å²) in [6, 6.07) is 0. The lowest BCUT2D eigenvalue weighted by Gasteiger charge is -2.07. The van der Waals surface area contributed by atoms with Gasteiger partial charge in [0.2, 0.25) is 5.91 Å². The van der Waals surface area contributed by atoms with Gasteiger partial charge in [-0.25, -0.2) is 9.97 Å². The molecule has 88 valence electrons. The second kappa shape index (κ2) is 6.57. The van der Waals surface area contributed by atoms with E-state index in [9.17, 15) is 4.79 Å². The van der Waals surface area contributed by atoms with E-state index in [1.807, 2.05) is 0 Å². The molecule has 1 aromatic heterocycles. The van der Waals surface area contributed by atoms with Gasteiger partial charge in [0.1, 0.15) is 6.33 Å². The van der Waals surface area contributed by atoms with Gasteiger partial charge in [-0.2, -0.15) is 0 Å². The number of methoxy groups -OCH3 is 1. The number of carbonyl (C=O) groups is 1. The van der Waals surface area contributed by atoms with Gasteiger partial charge in [0.15, 0.2) is 5.82 Å². The van der Waals surface area contributed by atoms with Gasteiger partial charge in [0.05, 0.1) is 25.0 Å². The standard InChI is InChI=1S/C9H15N5O2/c1-16-3-2-12-8(15)5-13-9-7(10)4-11-6-14-9/h4,6H,2-3,5,10H2,1H3,(H,12,15)(H,11,13,14). The first-order valence-corrected chi connectivity index (χ1v) is 4.79. The van der Waals surface area contributed by atoms with Gasteiger partial charge in [-0.1, -0.05) is 0 Å². The monoisotopic (exact) mass is 225 g/mol. The van der Waals surface area contributed by atoms with E-state index in [1.165, 1.54) is 12.5 Å². The van der Waals surface area contributed by atoms with Gasteiger partial charge in [-0.05, 0) is 0 Å². The zero-order chi connectivity index (χ0) is 11.8. The number of rotatable bonds is 6. The molecule has 0 atom stereocenters. The summed E-state index contributed by atoms with van der Waals surface area (Å²) in [4.78, 5) is 18.9. The number of ether oxygens (including phenoxy) is 1. The highest BCUT2D eigenvalue weighted by Crippen LogP contribution is 2.10. The van der Waals surface area contributed by atoms with Crippen molar-refractivity contribution < 1.29 is 9.53 Å². The van der Waals surface area contributed by atoms with E-state index in [1.54, 1.807) is 7.11 Å². The molecule has 1 amide bonds. The molecule has 0 aliphatic rings. The number of nitrogen functional groups attached to an aromatic ring is 1. The average molecular weight is 225 g/mol. The topological polar surface area (TPSA) is 102 Å². The van der Waals surface area contributed by atoms with Crippen molar-refractivity contribution >= 4 is 17.4 Å². The Balaban J connectivity index is 2.29. The van der Waals surface area contributed by atoms with Gasteiger partial charge in [-0.15, -0.1) is 0 Å². The van der Waals surface area contributed by atoms with Crippen LogP contribution in [-0.4, -0.2) is 42.7 Å². The number of nitrogens with zero attached hydrogens (tertiary/aromatic N) is 2. The fourth-order valence-electron chi connectivity index (χ4n) is 1.01. The van der Waals surface area contributed by atoms with Crippen molar-refractivity contribution in [2.24, 2.45) is 0 Å². The van der Waals surface area contributed by atoms with Crippen molar-refractivity contribution in [1.29, 1.82) is 0 Å². The van der Waals surface area contributed by atoms with Crippen LogP contribution in [0, 0.1) is 0 Å². The number of nitrogens with one attached hydrogen (secondary N) is 2. The third kappa shape index (κ3) is 4.09. The normalized spacial score (nSPS) is 9.81. The van der Waals surface area contributed by atoms with Crippen molar-refractivity contribution in [3.63, 3.8) is 0 Å². The minimum Gasteiger partial charge on any atom is -0.394 e. The van der Waals surface area contributed by atoms with Crippen LogP contribution in [0.15, 0.2) is 12.5 Å². The number of hydrogen-bond donors (Lipinski definition) is 3. The predicted molar refractivity (Wildman–Crippen MR) is 59.8 cm³/mol. The summed E-state index contributed by atoms with van der Waals surface area (Å²) in [6.45, 7) is 1.09. The summed E-state index contributed by atoms with van der Waals surface area (Å²) in [5, 5.41) is 5.47. The molecular formula is C9H15N5O2. The minimum absolute atomic E-state index is 0.116. The Kier molecular flexibility index (Phi) is 5.00. The first-order chi connectivity index (χ1) is 7.74. The van der Waals surface area contributed by atoms with Crippen molar-refractivity contribution in [1.82, 2.24) is 15.3 Å². The number of amides is 1. The molecule has 7 heteroatoms. The maximum atomic E-state index is 11.3. The summed E-state index contributed by atoms with van der Waals surface area (Å²) in [5.41, 5.74) is 6.00. The molecule has 4 N–H and O–H groups in total. The number of carbonyl (C=O) groups excluding carboxylic acids is 1. The summed E-state index contributed by atoms with van der Waals surface area (Å²) in [6.07, 6.45) is 2.83. The summed E-state index contributed by atoms with van der Waals surface area (Å²) >= 11 is 0. The van der Waals surface area contributed by atoms with Crippen LogP contribution in [0.2, 0.25) is 0 Å². The Hall–Kier alpha value is -1.89. The van der Waals surface area contributed by atoms with Crippen molar-refractivity contribution in [3.05, 3.63) is 12.5 Å². The molecule has 0 aliphatic heterocycles. The van der Waals surface area contributed by atoms with E-state index in [-0.39, 0.29) is 12.5 Å². The van der Waals surface area contributed by atoms with E-state index in [0.29, 0.717) is 24.7 Å². The van der Waals surface area contributed by atoms with E-state index >= 15 is 0 Å². The molecule has 0 aliphatic carbocycles. The first-order valence-electron chi connectivity index (χ1n) is 4.79. The molecule has 16 heavy (non-hydrogen) atoms. The lowest BCUT2D eigenvalue weighted by molar-refractivity contribution is -0.119. The van der Waals surface area contributed by atoms with Crippen LogP contribution >= 0.6 is 0 Å². The van der Waals surface area contributed by atoms with Gasteiger partial charge in [0.25, 0.3) is 0 Å². The van der Waals surface area contributed by atoms with Crippen LogP contribution in [0.3, 0.4) is 0 Å². The molecule has 1 heterocycles. The molecule has 0 radical (unpaired) electrons. The van der Waals surface area contributed by atoms with Crippen LogP contribution in [-0.2, 0) is 9.53 Å². The molecule has 0 spiro atoms. The van der Waals surface area contributed by atoms with E-state index in [4.69, 9.17) is 10.5 Å². The predicted octanol–water partition coefficient (Wildman–Crippen LogP) is -0.767. The SMILES string of the molecule is COCCNC(=O)CNc1ncncc1N. The molecule has 1 aromatic rings. The highest BCUT2D eigenvalue weighted by atomic mass is 16.5. The summed E-state index contributed by atoms with van der Waals surface area (Å²) in [7, 11) is 1.58. The molecule has 0 saturated carbocycles. The second-order valence-corrected chi connectivity index (χ2v) is 3.02. The van der Waals surface area contributed by atoms with Gasteiger partial charge in [-0.3, -0.25) is 4.79 Å². The highest BCUT2D eigenvalue weighted by molar-refractivity contribution is 5.81. The minimum atomic E-state index is -0.143. The summed E-state index contributed by atoms with van der Waals surface area (Å²) in [5.74, 6) is 0.312. The first kappa shape index (κ1) is 12.2. The van der Waals surface area contributed by atoms with Gasteiger partial charge >= 0.3 is 0 Å². The maximum absolute atomic E-state index is 11.3. The van der Waals surface area contributed by atoms with E-state index in [0.717, 1.165) is 0 Å². The number of anilines is 2. The number of nitrogens with two attached hydrogens (primary N) is 1. The third-order valence-corrected chi connectivity index (χ3v) is 1.79. The lowest BCUT2D eigenvalue weighted by atomic mass is 10.4. The summed E-state index contributed by atoms with van der Waals surface area (Å²) < 4.78 is 4.80. The lowest BCUT2D eigenvalue weighted by Crippen LogP contribution is -2.32. The maximum Gasteiger partial charge on any atom is 0.239 e. The Morgan fingerprint density at radius 1 is 1.62 bits per heavy atom. The molecular weight excluding hydrogens is 210 g/mol. The molecule has 0 saturated heterocycles. The molecule has 7 nitrogen and oxygen atoms in total. The smallest absolute Gasteiger partial charge is 0.239 e. The largest absolute Gasteiger partial charge is 0.394 e. The van der Waals surface area contributed by atoms with Crippen LogP contribution < -0.4 is 16.4 Å². The van der Waals surface area contributed by atoms with Gasteiger partial charge in [0, 0.05) is 13.7 Å². The van der Waals surface area contributed by atoms with Crippen molar-refractivity contribution in [2.75, 3.05) is 37.9 Å². The Bertz CT molecular complexity index is 344. The Morgan fingerprint density at radius 2 is 2.44 bits per heavy atom. The molecule has 0 unspecified atom stereocenters. The molecule has 1 rings (SSSR count). The molecule has 0 fully saturated rings. The molecule has 0 aromatic carbocycles. The van der Waals surface area contributed by atoms with E-state index in [2.05, 4.69) is 20.6 Å². The van der Waals surface area contributed by atoms with Crippen LogP contribution in [0.5, 0.6) is 0 Å². The van der Waals surface area contributed by atoms with E-state index < -0.39 is 0 Å². The van der Waals surface area contributed by atoms with Crippen molar-refractivity contribution in [3.8, 4) is 0 Å². The zero-order valence-corrected chi connectivity index (χ0v) is 9.06. The Morgan fingerprint density at radius 3 is 3.12 bits per heavy atom. The van der Waals surface area contributed by atoms with Crippen molar-refractivity contribution in [2.45, 2.75) is 0 Å². The molecule has 0 bridgehead atoms. The van der Waals surface area contributed by atoms with Gasteiger partial charge < -0.3 is 21.1 Å². The van der Waals surface area contributed by atoms with Crippen LogP contribution in [0.25, 0.3) is 0 Å². The average Bonchev–Trinajstić information content (AvgIpc) is 2.28. The Labute approximate surface area is 93.4 Å². The zero-order valence-electron chi connectivity index (χ0n) is 9.06.